The van der Waals surface area contributed by atoms with Crippen molar-refractivity contribution in [1.82, 2.24) is 0 Å². The van der Waals surface area contributed by atoms with Crippen LogP contribution in [0.15, 0.2) is 77.2 Å². The van der Waals surface area contributed by atoms with Crippen LogP contribution in [0.25, 0.3) is 22.3 Å². The van der Waals surface area contributed by atoms with Crippen LogP contribution >= 0.6 is 0 Å². The molecule has 6 N–H and O–H groups in total. The molecule has 1 aromatic heterocycles. The molecule has 0 aliphatic carbocycles. The van der Waals surface area contributed by atoms with Crippen molar-refractivity contribution >= 4 is 22.6 Å². The van der Waals surface area contributed by atoms with Crippen LogP contribution in [0, 0.1) is 10.8 Å². The van der Waals surface area contributed by atoms with E-state index in [-0.39, 0.29) is 11.7 Å². The highest BCUT2D eigenvalue weighted by atomic mass is 16.5. The summed E-state index contributed by atoms with van der Waals surface area (Å²) < 4.78 is 17.6. The van der Waals surface area contributed by atoms with Gasteiger partial charge in [-0.15, -0.1) is 0 Å². The van der Waals surface area contributed by atoms with Crippen LogP contribution in [0.2, 0.25) is 0 Å². The van der Waals surface area contributed by atoms with Crippen molar-refractivity contribution in [2.24, 2.45) is 11.5 Å². The lowest BCUT2D eigenvalue weighted by molar-refractivity contribution is 0.266. The van der Waals surface area contributed by atoms with E-state index in [0.717, 1.165) is 41.1 Å². The second-order valence-electron chi connectivity index (χ2n) is 7.65. The monoisotopic (exact) mass is 442 g/mol. The Bertz CT molecular complexity index is 1280. The fourth-order valence-corrected chi connectivity index (χ4v) is 3.39. The third-order valence-corrected chi connectivity index (χ3v) is 5.19. The molecule has 0 atom stereocenters. The lowest BCUT2D eigenvalue weighted by Crippen LogP contribution is -2.10. The third kappa shape index (κ3) is 5.51. The molecule has 33 heavy (non-hydrogen) atoms. The molecular weight excluding hydrogens is 416 g/mol. The molecule has 0 saturated carbocycles. The van der Waals surface area contributed by atoms with Crippen molar-refractivity contribution in [2.45, 2.75) is 12.8 Å². The third-order valence-electron chi connectivity index (χ3n) is 5.19. The number of amidine groups is 2. The Hall–Kier alpha value is -4.26. The van der Waals surface area contributed by atoms with Gasteiger partial charge in [0, 0.05) is 22.1 Å². The quantitative estimate of drug-likeness (QED) is 0.157. The number of nitrogen functional groups attached to an aromatic ring is 2. The van der Waals surface area contributed by atoms with Gasteiger partial charge in [-0.25, -0.2) is 0 Å². The topological polar surface area (TPSA) is 131 Å². The van der Waals surface area contributed by atoms with Crippen molar-refractivity contribution < 1.29 is 13.9 Å². The first kappa shape index (κ1) is 22.0. The van der Waals surface area contributed by atoms with Crippen molar-refractivity contribution in [2.75, 3.05) is 13.2 Å². The van der Waals surface area contributed by atoms with Crippen molar-refractivity contribution in [1.29, 1.82) is 10.8 Å². The zero-order valence-corrected chi connectivity index (χ0v) is 18.1. The fraction of sp³-hybridized carbons (Fsp3) is 0.154. The number of rotatable bonds is 10. The summed E-state index contributed by atoms with van der Waals surface area (Å²) in [6.45, 7) is 1.17. The van der Waals surface area contributed by atoms with E-state index in [4.69, 9.17) is 36.2 Å². The molecule has 0 amide bonds. The zero-order valence-electron chi connectivity index (χ0n) is 18.1. The van der Waals surface area contributed by atoms with Gasteiger partial charge in [-0.3, -0.25) is 10.8 Å². The van der Waals surface area contributed by atoms with Gasteiger partial charge in [0.1, 0.15) is 34.5 Å². The first-order valence-electron chi connectivity index (χ1n) is 10.7. The second-order valence-corrected chi connectivity index (χ2v) is 7.65. The van der Waals surface area contributed by atoms with E-state index in [9.17, 15) is 0 Å². The Morgan fingerprint density at radius 2 is 1.39 bits per heavy atom. The summed E-state index contributed by atoms with van der Waals surface area (Å²) in [6.07, 6.45) is 1.71. The van der Waals surface area contributed by atoms with Crippen LogP contribution < -0.4 is 20.9 Å². The van der Waals surface area contributed by atoms with Crippen LogP contribution in [0.3, 0.4) is 0 Å². The van der Waals surface area contributed by atoms with E-state index in [2.05, 4.69) is 0 Å². The molecule has 3 aromatic carbocycles. The number of fused-ring (bicyclic) bond motifs is 1. The number of nitrogens with two attached hydrogens (primary N) is 2. The molecule has 7 heteroatoms. The summed E-state index contributed by atoms with van der Waals surface area (Å²) in [5.74, 6) is 2.33. The molecule has 0 aliphatic heterocycles. The normalized spacial score (nSPS) is 10.8. The maximum atomic E-state index is 7.58. The Kier molecular flexibility index (Phi) is 6.59. The number of benzene rings is 3. The largest absolute Gasteiger partial charge is 0.494 e. The molecule has 0 saturated heterocycles. The summed E-state index contributed by atoms with van der Waals surface area (Å²) in [5, 5.41) is 15.9. The maximum absolute atomic E-state index is 7.58. The highest BCUT2D eigenvalue weighted by molar-refractivity contribution is 5.98. The Morgan fingerprint density at radius 3 is 2.09 bits per heavy atom. The highest BCUT2D eigenvalue weighted by Gasteiger charge is 2.09. The SMILES string of the molecule is N=C(N)c1ccc(OCCCCOc2cccc(-c3cc4ccc(C(=N)N)cc4o3)c2)cc1. The van der Waals surface area contributed by atoms with Gasteiger partial charge in [-0.05, 0) is 61.4 Å². The molecular formula is C26H26N4O3. The highest BCUT2D eigenvalue weighted by Crippen LogP contribution is 2.30. The number of furan rings is 1. The van der Waals surface area contributed by atoms with Crippen LogP contribution in [0.1, 0.15) is 24.0 Å². The molecule has 0 unspecified atom stereocenters. The average Bonchev–Trinajstić information content (AvgIpc) is 3.25. The molecule has 0 radical (unpaired) electrons. The molecule has 4 aromatic rings. The summed E-state index contributed by atoms with van der Waals surface area (Å²) in [6, 6.07) is 22.4. The van der Waals surface area contributed by atoms with Crippen molar-refractivity contribution in [3.8, 4) is 22.8 Å². The Labute approximate surface area is 191 Å². The van der Waals surface area contributed by atoms with Gasteiger partial charge < -0.3 is 25.4 Å². The Balaban J connectivity index is 1.27. The molecule has 7 nitrogen and oxygen atoms in total. The van der Waals surface area contributed by atoms with E-state index in [1.165, 1.54) is 0 Å². The van der Waals surface area contributed by atoms with Crippen LogP contribution in [0.4, 0.5) is 0 Å². The van der Waals surface area contributed by atoms with Gasteiger partial charge in [0.25, 0.3) is 0 Å². The summed E-state index contributed by atoms with van der Waals surface area (Å²) in [4.78, 5) is 0. The Morgan fingerprint density at radius 1 is 0.727 bits per heavy atom. The summed E-state index contributed by atoms with van der Waals surface area (Å²) >= 11 is 0. The number of nitrogens with one attached hydrogen (secondary N) is 2. The minimum absolute atomic E-state index is 0.0153. The molecule has 1 heterocycles. The number of ether oxygens (including phenoxy) is 2. The minimum Gasteiger partial charge on any atom is -0.494 e. The minimum atomic E-state index is 0.0153. The number of unbranched alkanes of at least 4 members (excludes halogenated alkanes) is 1. The van der Waals surface area contributed by atoms with Gasteiger partial charge in [0.05, 0.1) is 13.2 Å². The molecule has 0 fully saturated rings. The van der Waals surface area contributed by atoms with Crippen LogP contribution in [-0.2, 0) is 0 Å². The number of hydrogen-bond donors (Lipinski definition) is 4. The molecule has 0 aliphatic rings. The molecule has 0 spiro atoms. The van der Waals surface area contributed by atoms with E-state index in [1.807, 2.05) is 54.6 Å². The number of hydrogen-bond acceptors (Lipinski definition) is 5. The first-order chi connectivity index (χ1) is 16.0. The average molecular weight is 443 g/mol. The molecule has 4 rings (SSSR count). The van der Waals surface area contributed by atoms with Crippen LogP contribution in [-0.4, -0.2) is 24.9 Å². The molecule has 0 bridgehead atoms. The van der Waals surface area contributed by atoms with E-state index < -0.39 is 0 Å². The smallest absolute Gasteiger partial charge is 0.135 e. The molecule has 168 valence electrons. The van der Waals surface area contributed by atoms with E-state index in [0.29, 0.717) is 29.9 Å². The van der Waals surface area contributed by atoms with Crippen LogP contribution in [0.5, 0.6) is 11.5 Å². The van der Waals surface area contributed by atoms with Gasteiger partial charge in [0.2, 0.25) is 0 Å². The lowest BCUT2D eigenvalue weighted by atomic mass is 10.1. The predicted molar refractivity (Wildman–Crippen MR) is 130 cm³/mol. The second kappa shape index (κ2) is 9.91. The van der Waals surface area contributed by atoms with Gasteiger partial charge in [-0.1, -0.05) is 24.3 Å². The van der Waals surface area contributed by atoms with Crippen molar-refractivity contribution in [3.05, 3.63) is 83.9 Å². The standard InChI is InChI=1S/C26H26N4O3/c27-25(28)17-8-10-21(11-9-17)31-12-1-2-13-32-22-5-3-4-18(14-22)23-15-19-6-7-20(26(29)30)16-24(19)33-23/h3-11,14-16H,1-2,12-13H2,(H3,27,28)(H3,29,30). The zero-order chi connectivity index (χ0) is 23.2. The van der Waals surface area contributed by atoms with Gasteiger partial charge in [0.15, 0.2) is 0 Å². The summed E-state index contributed by atoms with van der Waals surface area (Å²) in [7, 11) is 0. The lowest BCUT2D eigenvalue weighted by Gasteiger charge is -2.09. The van der Waals surface area contributed by atoms with E-state index in [1.54, 1.807) is 18.2 Å². The first-order valence-corrected chi connectivity index (χ1v) is 10.7. The van der Waals surface area contributed by atoms with E-state index >= 15 is 0 Å². The predicted octanol–water partition coefficient (Wildman–Crippen LogP) is 4.91. The summed E-state index contributed by atoms with van der Waals surface area (Å²) in [5.41, 5.74) is 14.0. The maximum Gasteiger partial charge on any atom is 0.135 e. The van der Waals surface area contributed by atoms with Crippen molar-refractivity contribution in [3.63, 3.8) is 0 Å². The van der Waals surface area contributed by atoms with Gasteiger partial charge in [-0.2, -0.15) is 0 Å². The fourth-order valence-electron chi connectivity index (χ4n) is 3.39. The van der Waals surface area contributed by atoms with Gasteiger partial charge >= 0.3 is 0 Å².